The highest BCUT2D eigenvalue weighted by atomic mass is 32.1. The zero-order valence-electron chi connectivity index (χ0n) is 21.4. The molecule has 0 radical (unpaired) electrons. The molecule has 0 unspecified atom stereocenters. The molecule has 0 aliphatic heterocycles. The largest absolute Gasteiger partial charge is 0.494 e. The van der Waals surface area contributed by atoms with E-state index in [4.69, 9.17) is 4.74 Å². The van der Waals surface area contributed by atoms with Crippen molar-refractivity contribution in [3.63, 3.8) is 0 Å². The molecular formula is C29H48OSSi. The Bertz CT molecular complexity index is 719. The average molecular weight is 473 g/mol. The van der Waals surface area contributed by atoms with Crippen LogP contribution in [0.1, 0.15) is 89.4 Å². The fourth-order valence-corrected chi connectivity index (χ4v) is 8.05. The van der Waals surface area contributed by atoms with Crippen molar-refractivity contribution < 1.29 is 4.74 Å². The fourth-order valence-electron chi connectivity index (χ4n) is 4.34. The first-order chi connectivity index (χ1) is 15.5. The number of rotatable bonds is 18. The van der Waals surface area contributed by atoms with Gasteiger partial charge in [-0.1, -0.05) is 96.8 Å². The van der Waals surface area contributed by atoms with E-state index in [0.29, 0.717) is 0 Å². The SMILES string of the molecule is CCCCCCCCCCc1ccc(-c2ccc(OCCC[Si](C)(C)CCCC)cc2)s1. The topological polar surface area (TPSA) is 9.23 Å². The molecule has 32 heavy (non-hydrogen) atoms. The second kappa shape index (κ2) is 15.7. The summed E-state index contributed by atoms with van der Waals surface area (Å²) in [6, 6.07) is 16.2. The third kappa shape index (κ3) is 11.2. The summed E-state index contributed by atoms with van der Waals surface area (Å²) in [4.78, 5) is 2.91. The smallest absolute Gasteiger partial charge is 0.119 e. The highest BCUT2D eigenvalue weighted by Crippen LogP contribution is 2.30. The van der Waals surface area contributed by atoms with Gasteiger partial charge in [0.1, 0.15) is 5.75 Å². The summed E-state index contributed by atoms with van der Waals surface area (Å²) in [7, 11) is -1.01. The van der Waals surface area contributed by atoms with E-state index in [0.717, 1.165) is 12.4 Å². The van der Waals surface area contributed by atoms with Crippen molar-refractivity contribution in [2.75, 3.05) is 6.61 Å². The number of aryl methyl sites for hydroxylation is 1. The molecule has 1 aromatic heterocycles. The molecule has 0 amide bonds. The van der Waals surface area contributed by atoms with Gasteiger partial charge < -0.3 is 4.74 Å². The number of thiophene rings is 1. The van der Waals surface area contributed by atoms with Gasteiger partial charge >= 0.3 is 0 Å². The quantitative estimate of drug-likeness (QED) is 0.155. The van der Waals surface area contributed by atoms with Gasteiger partial charge in [-0.25, -0.2) is 0 Å². The molecule has 1 aromatic carbocycles. The van der Waals surface area contributed by atoms with Crippen molar-refractivity contribution in [2.45, 2.75) is 116 Å². The lowest BCUT2D eigenvalue weighted by Crippen LogP contribution is -2.25. The number of unbranched alkanes of at least 4 members (excludes halogenated alkanes) is 8. The molecule has 0 saturated heterocycles. The first-order valence-electron chi connectivity index (χ1n) is 13.4. The lowest BCUT2D eigenvalue weighted by atomic mass is 10.1. The van der Waals surface area contributed by atoms with Crippen molar-refractivity contribution in [3.05, 3.63) is 41.3 Å². The predicted octanol–water partition coefficient (Wildman–Crippen LogP) is 10.4. The van der Waals surface area contributed by atoms with Crippen LogP contribution in [0.2, 0.25) is 25.2 Å². The molecule has 1 nitrogen and oxygen atoms in total. The van der Waals surface area contributed by atoms with E-state index >= 15 is 0 Å². The molecule has 3 heteroatoms. The summed E-state index contributed by atoms with van der Waals surface area (Å²) in [6.07, 6.45) is 16.3. The Morgan fingerprint density at radius 1 is 0.688 bits per heavy atom. The summed E-state index contributed by atoms with van der Waals surface area (Å²) < 4.78 is 6.03. The molecular weight excluding hydrogens is 424 g/mol. The molecule has 0 aliphatic rings. The Kier molecular flexibility index (Phi) is 13.4. The van der Waals surface area contributed by atoms with E-state index in [1.54, 1.807) is 0 Å². The maximum absolute atomic E-state index is 6.03. The van der Waals surface area contributed by atoms with Crippen LogP contribution in [0, 0.1) is 0 Å². The second-order valence-electron chi connectivity index (χ2n) is 10.2. The molecule has 0 atom stereocenters. The van der Waals surface area contributed by atoms with Crippen molar-refractivity contribution in [1.29, 1.82) is 0 Å². The van der Waals surface area contributed by atoms with Gasteiger partial charge in [0, 0.05) is 17.8 Å². The van der Waals surface area contributed by atoms with Gasteiger partial charge in [0.2, 0.25) is 0 Å². The Morgan fingerprint density at radius 2 is 1.31 bits per heavy atom. The van der Waals surface area contributed by atoms with Crippen LogP contribution >= 0.6 is 11.3 Å². The minimum atomic E-state index is -1.01. The number of benzene rings is 1. The minimum absolute atomic E-state index is 0.851. The molecule has 1 heterocycles. The molecule has 0 N–H and O–H groups in total. The van der Waals surface area contributed by atoms with Crippen LogP contribution in [0.5, 0.6) is 5.75 Å². The zero-order valence-corrected chi connectivity index (χ0v) is 23.2. The summed E-state index contributed by atoms with van der Waals surface area (Å²) in [5.74, 6) is 1.01. The van der Waals surface area contributed by atoms with Crippen molar-refractivity contribution in [2.24, 2.45) is 0 Å². The van der Waals surface area contributed by atoms with E-state index < -0.39 is 8.07 Å². The van der Waals surface area contributed by atoms with E-state index in [-0.39, 0.29) is 0 Å². The monoisotopic (exact) mass is 472 g/mol. The van der Waals surface area contributed by atoms with Crippen LogP contribution in [-0.2, 0) is 6.42 Å². The Morgan fingerprint density at radius 3 is 2.00 bits per heavy atom. The lowest BCUT2D eigenvalue weighted by molar-refractivity contribution is 0.316. The predicted molar refractivity (Wildman–Crippen MR) is 148 cm³/mol. The standard InChI is InChI=1S/C29H48OSSi/c1-5-7-9-10-11-12-13-14-16-28-21-22-29(31-28)26-17-19-27(20-18-26)30-23-15-25-32(3,4)24-8-6-2/h17-22H,5-16,23-25H2,1-4H3. The van der Waals surface area contributed by atoms with Gasteiger partial charge in [-0.2, -0.15) is 0 Å². The van der Waals surface area contributed by atoms with Crippen LogP contribution in [0.15, 0.2) is 36.4 Å². The first kappa shape index (κ1) is 27.2. The second-order valence-corrected chi connectivity index (χ2v) is 16.7. The third-order valence-corrected chi connectivity index (χ3v) is 11.2. The first-order valence-corrected chi connectivity index (χ1v) is 17.6. The summed E-state index contributed by atoms with van der Waals surface area (Å²) in [5.41, 5.74) is 1.32. The van der Waals surface area contributed by atoms with Crippen LogP contribution < -0.4 is 4.74 Å². The van der Waals surface area contributed by atoms with Gasteiger partial charge in [-0.3, -0.25) is 0 Å². The van der Waals surface area contributed by atoms with E-state index in [9.17, 15) is 0 Å². The van der Waals surface area contributed by atoms with Crippen molar-refractivity contribution in [3.8, 4) is 16.2 Å². The van der Waals surface area contributed by atoms with Crippen molar-refractivity contribution in [1.82, 2.24) is 0 Å². The zero-order chi connectivity index (χ0) is 23.1. The normalized spacial score (nSPS) is 11.8. The number of hydrogen-bond donors (Lipinski definition) is 0. The molecule has 0 aliphatic carbocycles. The Labute approximate surface area is 204 Å². The number of hydrogen-bond acceptors (Lipinski definition) is 2. The van der Waals surface area contributed by atoms with Crippen LogP contribution in [0.3, 0.4) is 0 Å². The maximum atomic E-state index is 6.03. The minimum Gasteiger partial charge on any atom is -0.494 e. The van der Waals surface area contributed by atoms with Gasteiger partial charge in [0.05, 0.1) is 6.61 Å². The Hall–Kier alpha value is -1.06. The average Bonchev–Trinajstić information content (AvgIpc) is 3.26. The summed E-state index contributed by atoms with van der Waals surface area (Å²) in [5, 5.41) is 0. The van der Waals surface area contributed by atoms with Crippen LogP contribution in [-0.4, -0.2) is 14.7 Å². The van der Waals surface area contributed by atoms with Gasteiger partial charge in [0.25, 0.3) is 0 Å². The van der Waals surface area contributed by atoms with Crippen LogP contribution in [0.4, 0.5) is 0 Å². The van der Waals surface area contributed by atoms with Crippen molar-refractivity contribution >= 4 is 19.4 Å². The molecule has 0 bridgehead atoms. The Balaban J connectivity index is 1.66. The highest BCUT2D eigenvalue weighted by Gasteiger charge is 2.18. The fraction of sp³-hybridized carbons (Fsp3) is 0.655. The summed E-state index contributed by atoms with van der Waals surface area (Å²) >= 11 is 1.96. The van der Waals surface area contributed by atoms with Gasteiger partial charge in [-0.15, -0.1) is 11.3 Å². The van der Waals surface area contributed by atoms with E-state index in [1.165, 1.54) is 104 Å². The molecule has 0 spiro atoms. The highest BCUT2D eigenvalue weighted by molar-refractivity contribution is 7.15. The molecule has 0 fully saturated rings. The lowest BCUT2D eigenvalue weighted by Gasteiger charge is -2.22. The van der Waals surface area contributed by atoms with E-state index in [1.807, 2.05) is 11.3 Å². The molecule has 2 rings (SSSR count). The third-order valence-electron chi connectivity index (χ3n) is 6.55. The maximum Gasteiger partial charge on any atom is 0.119 e. The van der Waals surface area contributed by atoms with Gasteiger partial charge in [0.15, 0.2) is 0 Å². The molecule has 0 saturated carbocycles. The van der Waals surface area contributed by atoms with E-state index in [2.05, 4.69) is 63.3 Å². The summed E-state index contributed by atoms with van der Waals surface area (Å²) in [6.45, 7) is 10.5. The van der Waals surface area contributed by atoms with Gasteiger partial charge in [-0.05, 0) is 61.2 Å². The number of ether oxygens (including phenoxy) is 1. The molecule has 2 aromatic rings. The molecule has 180 valence electrons. The van der Waals surface area contributed by atoms with Crippen LogP contribution in [0.25, 0.3) is 10.4 Å².